The van der Waals surface area contributed by atoms with Gasteiger partial charge in [-0.2, -0.15) is 0 Å². The average Bonchev–Trinajstić information content (AvgIpc) is 2.74. The van der Waals surface area contributed by atoms with Gasteiger partial charge in [-0.1, -0.05) is 6.07 Å². The van der Waals surface area contributed by atoms with Crippen LogP contribution in [0, 0.1) is 5.82 Å². The number of benzene rings is 1. The highest BCUT2D eigenvalue weighted by atomic mass is 19.1. The molecular weight excluding hydrogens is 229 g/mol. The van der Waals surface area contributed by atoms with Crippen LogP contribution in [0.1, 0.15) is 23.6 Å². The summed E-state index contributed by atoms with van der Waals surface area (Å²) in [4.78, 5) is 4.02. The number of nitrogens with zero attached hydrogens (tertiary/aromatic N) is 1. The highest BCUT2D eigenvalue weighted by molar-refractivity contribution is 5.50. The van der Waals surface area contributed by atoms with Gasteiger partial charge in [0.25, 0.3) is 0 Å². The Morgan fingerprint density at radius 1 is 1.28 bits per heavy atom. The lowest BCUT2D eigenvalue weighted by Crippen LogP contribution is -2.08. The molecule has 0 spiro atoms. The van der Waals surface area contributed by atoms with E-state index in [2.05, 4.69) is 16.4 Å². The average molecular weight is 243 g/mol. The summed E-state index contributed by atoms with van der Waals surface area (Å²) in [6.07, 6.45) is 3.25. The lowest BCUT2D eigenvalue weighted by Gasteiger charge is -2.14. The molecule has 3 nitrogen and oxygen atoms in total. The highest BCUT2D eigenvalue weighted by Gasteiger charge is 2.22. The Morgan fingerprint density at radius 2 is 2.17 bits per heavy atom. The quantitative estimate of drug-likeness (QED) is 0.797. The fraction of sp³-hybridized carbons (Fsp3) is 0.214. The smallest absolute Gasteiger partial charge is 0.141 e. The van der Waals surface area contributed by atoms with E-state index in [1.165, 1.54) is 23.4 Å². The van der Waals surface area contributed by atoms with Crippen molar-refractivity contribution in [3.8, 4) is 0 Å². The molecule has 2 aromatic rings. The fourth-order valence-corrected chi connectivity index (χ4v) is 2.43. The Bertz CT molecular complexity index is 566. The summed E-state index contributed by atoms with van der Waals surface area (Å²) in [7, 11) is 0. The Balaban J connectivity index is 1.82. The highest BCUT2D eigenvalue weighted by Crippen LogP contribution is 2.34. The van der Waals surface area contributed by atoms with Crippen LogP contribution in [0.4, 0.5) is 15.9 Å². The molecule has 1 aliphatic rings. The number of anilines is 2. The predicted octanol–water partition coefficient (Wildman–Crippen LogP) is 2.90. The van der Waals surface area contributed by atoms with E-state index in [9.17, 15) is 4.39 Å². The van der Waals surface area contributed by atoms with Crippen molar-refractivity contribution in [2.45, 2.75) is 18.9 Å². The van der Waals surface area contributed by atoms with Crippen LogP contribution in [-0.2, 0) is 6.42 Å². The number of rotatable bonds is 2. The SMILES string of the molecule is Nc1ccc2c(c1)CCC2Nc1ccc(F)cn1. The van der Waals surface area contributed by atoms with Crippen molar-refractivity contribution in [2.75, 3.05) is 11.1 Å². The molecule has 18 heavy (non-hydrogen) atoms. The monoisotopic (exact) mass is 243 g/mol. The number of nitrogens with one attached hydrogen (secondary N) is 1. The first-order valence-corrected chi connectivity index (χ1v) is 5.99. The van der Waals surface area contributed by atoms with E-state index < -0.39 is 0 Å². The summed E-state index contributed by atoms with van der Waals surface area (Å²) in [5, 5.41) is 3.33. The van der Waals surface area contributed by atoms with Crippen molar-refractivity contribution in [1.82, 2.24) is 4.98 Å². The van der Waals surface area contributed by atoms with Gasteiger partial charge in [0.15, 0.2) is 0 Å². The number of halogens is 1. The van der Waals surface area contributed by atoms with Gasteiger partial charge >= 0.3 is 0 Å². The number of aromatic nitrogens is 1. The number of nitrogen functional groups attached to an aromatic ring is 1. The zero-order valence-corrected chi connectivity index (χ0v) is 9.86. The van der Waals surface area contributed by atoms with Crippen LogP contribution in [-0.4, -0.2) is 4.98 Å². The number of hydrogen-bond donors (Lipinski definition) is 2. The van der Waals surface area contributed by atoms with E-state index in [1.54, 1.807) is 6.07 Å². The van der Waals surface area contributed by atoms with Crippen molar-refractivity contribution in [3.05, 3.63) is 53.5 Å². The lowest BCUT2D eigenvalue weighted by atomic mass is 10.1. The van der Waals surface area contributed by atoms with Crippen LogP contribution in [0.2, 0.25) is 0 Å². The van der Waals surface area contributed by atoms with Crippen LogP contribution < -0.4 is 11.1 Å². The van der Waals surface area contributed by atoms with E-state index in [-0.39, 0.29) is 11.9 Å². The fourth-order valence-electron chi connectivity index (χ4n) is 2.43. The van der Waals surface area contributed by atoms with Crippen molar-refractivity contribution in [1.29, 1.82) is 0 Å². The summed E-state index contributed by atoms with van der Waals surface area (Å²) < 4.78 is 12.8. The molecule has 0 amide bonds. The molecular formula is C14H14FN3. The number of aryl methyl sites for hydroxylation is 1. The van der Waals surface area contributed by atoms with E-state index in [4.69, 9.17) is 5.73 Å². The summed E-state index contributed by atoms with van der Waals surface area (Å²) in [5.74, 6) is 0.381. The first-order valence-electron chi connectivity index (χ1n) is 5.99. The third-order valence-corrected chi connectivity index (χ3v) is 3.29. The van der Waals surface area contributed by atoms with Crippen LogP contribution in [0.15, 0.2) is 36.5 Å². The van der Waals surface area contributed by atoms with E-state index in [0.717, 1.165) is 18.5 Å². The van der Waals surface area contributed by atoms with Crippen molar-refractivity contribution in [2.24, 2.45) is 0 Å². The Labute approximate surface area is 105 Å². The van der Waals surface area contributed by atoms with Crippen molar-refractivity contribution >= 4 is 11.5 Å². The maximum Gasteiger partial charge on any atom is 0.141 e. The van der Waals surface area contributed by atoms with Gasteiger partial charge in [-0.05, 0) is 48.2 Å². The maximum atomic E-state index is 12.8. The molecule has 0 saturated heterocycles. The normalized spacial score (nSPS) is 17.5. The number of pyridine rings is 1. The third kappa shape index (κ3) is 2.01. The number of nitrogens with two attached hydrogens (primary N) is 1. The molecule has 1 aromatic heterocycles. The summed E-state index contributed by atoms with van der Waals surface area (Å²) in [6.45, 7) is 0. The minimum absolute atomic E-state index is 0.235. The molecule has 1 aliphatic carbocycles. The zero-order chi connectivity index (χ0) is 12.5. The van der Waals surface area contributed by atoms with Crippen LogP contribution in [0.3, 0.4) is 0 Å². The molecule has 3 N–H and O–H groups in total. The second kappa shape index (κ2) is 4.29. The molecule has 1 atom stereocenters. The molecule has 0 aliphatic heterocycles. The molecule has 3 rings (SSSR count). The van der Waals surface area contributed by atoms with E-state index >= 15 is 0 Å². The van der Waals surface area contributed by atoms with E-state index in [0.29, 0.717) is 5.82 Å². The summed E-state index contributed by atoms with van der Waals surface area (Å²) in [5.41, 5.74) is 9.12. The van der Waals surface area contributed by atoms with Gasteiger partial charge in [0.1, 0.15) is 11.6 Å². The summed E-state index contributed by atoms with van der Waals surface area (Å²) in [6, 6.07) is 9.29. The molecule has 0 radical (unpaired) electrons. The molecule has 0 saturated carbocycles. The van der Waals surface area contributed by atoms with Gasteiger partial charge in [0, 0.05) is 5.69 Å². The standard InChI is InChI=1S/C14H14FN3/c15-10-2-6-14(17-8-10)18-13-5-1-9-7-11(16)3-4-12(9)13/h2-4,6-8,13H,1,5,16H2,(H,17,18). The van der Waals surface area contributed by atoms with Crippen molar-refractivity contribution in [3.63, 3.8) is 0 Å². The van der Waals surface area contributed by atoms with Gasteiger partial charge in [-0.25, -0.2) is 9.37 Å². The van der Waals surface area contributed by atoms with Gasteiger partial charge < -0.3 is 11.1 Å². The minimum atomic E-state index is -0.319. The maximum absolute atomic E-state index is 12.8. The summed E-state index contributed by atoms with van der Waals surface area (Å²) >= 11 is 0. The molecule has 1 unspecified atom stereocenters. The number of hydrogen-bond acceptors (Lipinski definition) is 3. The lowest BCUT2D eigenvalue weighted by molar-refractivity contribution is 0.621. The molecule has 1 heterocycles. The Morgan fingerprint density at radius 3 is 2.94 bits per heavy atom. The predicted molar refractivity (Wildman–Crippen MR) is 69.7 cm³/mol. The van der Waals surface area contributed by atoms with Crippen LogP contribution in [0.5, 0.6) is 0 Å². The molecule has 4 heteroatoms. The van der Waals surface area contributed by atoms with Gasteiger partial charge in [-0.15, -0.1) is 0 Å². The first-order chi connectivity index (χ1) is 8.72. The second-order valence-corrected chi connectivity index (χ2v) is 4.56. The Kier molecular flexibility index (Phi) is 2.63. The molecule has 92 valence electrons. The number of fused-ring (bicyclic) bond motifs is 1. The Hall–Kier alpha value is -2.10. The van der Waals surface area contributed by atoms with E-state index in [1.807, 2.05) is 12.1 Å². The zero-order valence-electron chi connectivity index (χ0n) is 9.86. The second-order valence-electron chi connectivity index (χ2n) is 4.56. The first kappa shape index (κ1) is 11.0. The molecule has 0 fully saturated rings. The molecule has 1 aromatic carbocycles. The van der Waals surface area contributed by atoms with Gasteiger partial charge in [0.2, 0.25) is 0 Å². The topological polar surface area (TPSA) is 50.9 Å². The minimum Gasteiger partial charge on any atom is -0.399 e. The van der Waals surface area contributed by atoms with Gasteiger partial charge in [-0.3, -0.25) is 0 Å². The van der Waals surface area contributed by atoms with Gasteiger partial charge in [0.05, 0.1) is 12.2 Å². The third-order valence-electron chi connectivity index (χ3n) is 3.29. The largest absolute Gasteiger partial charge is 0.399 e. The van der Waals surface area contributed by atoms with Crippen molar-refractivity contribution < 1.29 is 4.39 Å². The van der Waals surface area contributed by atoms with Crippen LogP contribution >= 0.6 is 0 Å². The molecule has 0 bridgehead atoms. The van der Waals surface area contributed by atoms with Crippen LogP contribution in [0.25, 0.3) is 0 Å².